The van der Waals surface area contributed by atoms with E-state index in [4.69, 9.17) is 18.9 Å². The van der Waals surface area contributed by atoms with Gasteiger partial charge in [-0.1, -0.05) is 60.2 Å². The van der Waals surface area contributed by atoms with E-state index >= 15 is 0 Å². The molecule has 1 aliphatic carbocycles. The van der Waals surface area contributed by atoms with Crippen molar-refractivity contribution in [2.24, 2.45) is 0 Å². The smallest absolute Gasteiger partial charge is 0.252 e. The maximum absolute atomic E-state index is 13.4. The van der Waals surface area contributed by atoms with Crippen molar-refractivity contribution in [3.63, 3.8) is 0 Å². The molecule has 2 aromatic rings. The van der Waals surface area contributed by atoms with Crippen molar-refractivity contribution in [1.29, 1.82) is 0 Å². The van der Waals surface area contributed by atoms with E-state index in [1.54, 1.807) is 0 Å². The Morgan fingerprint density at radius 3 is 2.52 bits per heavy atom. The van der Waals surface area contributed by atoms with Gasteiger partial charge in [0.1, 0.15) is 6.10 Å². The van der Waals surface area contributed by atoms with Gasteiger partial charge in [-0.15, -0.1) is 0 Å². The van der Waals surface area contributed by atoms with Crippen LogP contribution in [0.5, 0.6) is 0 Å². The summed E-state index contributed by atoms with van der Waals surface area (Å²) in [7, 11) is 0. The van der Waals surface area contributed by atoms with Gasteiger partial charge < -0.3 is 24.3 Å². The zero-order valence-electron chi connectivity index (χ0n) is 20.0. The van der Waals surface area contributed by atoms with E-state index in [1.165, 1.54) is 0 Å². The van der Waals surface area contributed by atoms with Crippen LogP contribution in [0.15, 0.2) is 54.6 Å². The molecular weight excluding hydrogens is 418 g/mol. The van der Waals surface area contributed by atoms with Gasteiger partial charge in [-0.25, -0.2) is 0 Å². The molecule has 0 spiro atoms. The van der Waals surface area contributed by atoms with Crippen molar-refractivity contribution < 1.29 is 23.7 Å². The summed E-state index contributed by atoms with van der Waals surface area (Å²) in [5.74, 6) is -0.866. The molecule has 1 heterocycles. The van der Waals surface area contributed by atoms with Crippen LogP contribution in [0.2, 0.25) is 0 Å². The van der Waals surface area contributed by atoms with Crippen LogP contribution in [-0.4, -0.2) is 42.2 Å². The number of benzene rings is 2. The van der Waals surface area contributed by atoms with E-state index < -0.39 is 11.4 Å². The highest BCUT2D eigenvalue weighted by molar-refractivity contribution is 5.85. The molecule has 0 bridgehead atoms. The zero-order chi connectivity index (χ0) is 23.5. The Bertz CT molecular complexity index is 947. The Hall–Kier alpha value is -2.25. The highest BCUT2D eigenvalue weighted by Gasteiger charge is 2.57. The second-order valence-corrected chi connectivity index (χ2v) is 9.51. The van der Waals surface area contributed by atoms with E-state index in [9.17, 15) is 4.79 Å². The number of aryl methyl sites for hydroxylation is 1. The molecule has 0 aromatic heterocycles. The maximum Gasteiger partial charge on any atom is 0.252 e. The lowest BCUT2D eigenvalue weighted by Crippen LogP contribution is -2.60. The summed E-state index contributed by atoms with van der Waals surface area (Å²) in [6, 6.07) is 18.2. The van der Waals surface area contributed by atoms with Gasteiger partial charge in [0, 0.05) is 19.4 Å². The van der Waals surface area contributed by atoms with Gasteiger partial charge in [0.2, 0.25) is 0 Å². The molecular formula is C27H35NO5. The number of amides is 1. The van der Waals surface area contributed by atoms with E-state index in [0.29, 0.717) is 32.6 Å². The Morgan fingerprint density at radius 2 is 1.79 bits per heavy atom. The van der Waals surface area contributed by atoms with Crippen LogP contribution in [-0.2, 0) is 37.0 Å². The number of carbonyl (C=O) groups is 1. The van der Waals surface area contributed by atoms with E-state index in [-0.39, 0.29) is 24.2 Å². The maximum atomic E-state index is 13.4. The van der Waals surface area contributed by atoms with Gasteiger partial charge in [-0.3, -0.25) is 4.79 Å². The summed E-state index contributed by atoms with van der Waals surface area (Å²) in [5, 5.41) is 2.98. The largest absolute Gasteiger partial charge is 0.371 e. The predicted octanol–water partition coefficient (Wildman–Crippen LogP) is 4.29. The molecule has 4 rings (SSSR count). The van der Waals surface area contributed by atoms with Crippen LogP contribution in [0.25, 0.3) is 0 Å². The summed E-state index contributed by atoms with van der Waals surface area (Å²) in [4.78, 5) is 13.4. The third-order valence-electron chi connectivity index (χ3n) is 6.31. The molecule has 0 unspecified atom stereocenters. The minimum Gasteiger partial charge on any atom is -0.371 e. The van der Waals surface area contributed by atoms with Gasteiger partial charge in [0.15, 0.2) is 11.4 Å². The normalized spacial score (nSPS) is 28.3. The first-order valence-corrected chi connectivity index (χ1v) is 11.8. The molecule has 1 saturated carbocycles. The molecule has 1 amide bonds. The molecule has 6 heteroatoms. The summed E-state index contributed by atoms with van der Waals surface area (Å²) in [6.07, 6.45) is -0.0727. The van der Waals surface area contributed by atoms with Gasteiger partial charge in [0.25, 0.3) is 5.91 Å². The molecule has 2 aliphatic rings. The lowest BCUT2D eigenvalue weighted by molar-refractivity contribution is -0.183. The number of fused-ring (bicyclic) bond motifs is 1. The zero-order valence-corrected chi connectivity index (χ0v) is 20.0. The number of ether oxygens (including phenoxy) is 4. The second-order valence-electron chi connectivity index (χ2n) is 9.51. The molecule has 1 saturated heterocycles. The molecule has 178 valence electrons. The third-order valence-corrected chi connectivity index (χ3v) is 6.31. The number of hydrogen-bond acceptors (Lipinski definition) is 5. The molecule has 2 fully saturated rings. The molecule has 6 nitrogen and oxygen atoms in total. The fraction of sp³-hybridized carbons (Fsp3) is 0.519. The van der Waals surface area contributed by atoms with Crippen LogP contribution in [0.4, 0.5) is 0 Å². The highest BCUT2D eigenvalue weighted by atomic mass is 16.8. The fourth-order valence-electron chi connectivity index (χ4n) is 4.83. The first kappa shape index (κ1) is 23.9. The SMILES string of the molecule is CCNC(=O)[C@@]1(OCc2cccc(C)c2)C[C@H](OCc2ccccc2)[C@@H]2OC(C)(C)O[C@@H]2C1. The van der Waals surface area contributed by atoms with Crippen LogP contribution in [0.1, 0.15) is 50.3 Å². The van der Waals surface area contributed by atoms with Crippen LogP contribution < -0.4 is 5.32 Å². The first-order chi connectivity index (χ1) is 15.8. The molecule has 33 heavy (non-hydrogen) atoms. The predicted molar refractivity (Wildman–Crippen MR) is 125 cm³/mol. The first-order valence-electron chi connectivity index (χ1n) is 11.8. The third kappa shape index (κ3) is 5.64. The Labute approximate surface area is 196 Å². The Balaban J connectivity index is 1.59. The minimum absolute atomic E-state index is 0.127. The van der Waals surface area contributed by atoms with Gasteiger partial charge in [-0.2, -0.15) is 0 Å². The van der Waals surface area contributed by atoms with Crippen molar-refractivity contribution in [2.45, 2.75) is 83.5 Å². The number of rotatable bonds is 8. The molecule has 4 atom stereocenters. The van der Waals surface area contributed by atoms with Crippen molar-refractivity contribution in [3.8, 4) is 0 Å². The average molecular weight is 454 g/mol. The summed E-state index contributed by atoms with van der Waals surface area (Å²) in [5.41, 5.74) is 2.20. The van der Waals surface area contributed by atoms with Crippen molar-refractivity contribution in [2.75, 3.05) is 6.54 Å². The van der Waals surface area contributed by atoms with E-state index in [1.807, 2.05) is 76.2 Å². The number of nitrogens with one attached hydrogen (secondary N) is 1. The molecule has 1 aliphatic heterocycles. The van der Waals surface area contributed by atoms with E-state index in [2.05, 4.69) is 11.4 Å². The number of carbonyl (C=O) groups excluding carboxylic acids is 1. The number of hydrogen-bond donors (Lipinski definition) is 1. The summed E-state index contributed by atoms with van der Waals surface area (Å²) >= 11 is 0. The van der Waals surface area contributed by atoms with Crippen LogP contribution in [0, 0.1) is 6.92 Å². The van der Waals surface area contributed by atoms with Crippen molar-refractivity contribution in [1.82, 2.24) is 5.32 Å². The van der Waals surface area contributed by atoms with Gasteiger partial charge in [0.05, 0.1) is 25.4 Å². The summed E-state index contributed by atoms with van der Waals surface area (Å²) < 4.78 is 25.3. The Morgan fingerprint density at radius 1 is 1.03 bits per heavy atom. The summed E-state index contributed by atoms with van der Waals surface area (Å²) in [6.45, 7) is 9.07. The standard InChI is InChI=1S/C27H35NO5/c1-5-28-25(29)27(31-18-21-13-9-10-19(2)14-21)15-22(30-17-20-11-7-6-8-12-20)24-23(16-27)32-26(3,4)33-24/h6-14,22-24H,5,15-18H2,1-4H3,(H,28,29)/t22-,23+,24-,27+/m0/s1. The van der Waals surface area contributed by atoms with Crippen LogP contribution >= 0.6 is 0 Å². The average Bonchev–Trinajstić information content (AvgIpc) is 3.10. The topological polar surface area (TPSA) is 66.0 Å². The van der Waals surface area contributed by atoms with Crippen molar-refractivity contribution in [3.05, 3.63) is 71.3 Å². The van der Waals surface area contributed by atoms with Crippen molar-refractivity contribution >= 4 is 5.91 Å². The fourth-order valence-corrected chi connectivity index (χ4v) is 4.83. The molecule has 1 N–H and O–H groups in total. The second kappa shape index (κ2) is 9.94. The van der Waals surface area contributed by atoms with Gasteiger partial charge >= 0.3 is 0 Å². The molecule has 0 radical (unpaired) electrons. The van der Waals surface area contributed by atoms with Gasteiger partial charge in [-0.05, 0) is 38.8 Å². The minimum atomic E-state index is -1.06. The monoisotopic (exact) mass is 453 g/mol. The lowest BCUT2D eigenvalue weighted by atomic mass is 9.78. The highest BCUT2D eigenvalue weighted by Crippen LogP contribution is 2.44. The number of likely N-dealkylation sites (N-methyl/N-ethyl adjacent to an activating group) is 1. The van der Waals surface area contributed by atoms with E-state index in [0.717, 1.165) is 16.7 Å². The quantitative estimate of drug-likeness (QED) is 0.646. The van der Waals surface area contributed by atoms with Crippen LogP contribution in [0.3, 0.4) is 0 Å². The lowest BCUT2D eigenvalue weighted by Gasteiger charge is -2.43. The Kier molecular flexibility index (Phi) is 7.19. The molecule has 2 aromatic carbocycles.